The SMILES string of the molecule is CC[C@H](C)[C@H](NC(=O)c1cccn1CC(F)F)C(=O)O. The van der Waals surface area contributed by atoms with Gasteiger partial charge in [-0.25, -0.2) is 13.6 Å². The van der Waals surface area contributed by atoms with Crippen molar-refractivity contribution in [2.24, 2.45) is 5.92 Å². The highest BCUT2D eigenvalue weighted by Crippen LogP contribution is 2.11. The molecule has 0 spiro atoms. The van der Waals surface area contributed by atoms with Crippen LogP contribution in [0.1, 0.15) is 30.8 Å². The molecule has 5 nitrogen and oxygen atoms in total. The molecule has 1 rings (SSSR count). The fourth-order valence-corrected chi connectivity index (χ4v) is 1.83. The average Bonchev–Trinajstić information content (AvgIpc) is 2.81. The van der Waals surface area contributed by atoms with Crippen LogP contribution in [0.5, 0.6) is 0 Å². The zero-order valence-corrected chi connectivity index (χ0v) is 11.3. The van der Waals surface area contributed by atoms with Crippen molar-refractivity contribution >= 4 is 11.9 Å². The van der Waals surface area contributed by atoms with Crippen LogP contribution in [-0.2, 0) is 11.3 Å². The van der Waals surface area contributed by atoms with Gasteiger partial charge in [-0.2, -0.15) is 0 Å². The number of alkyl halides is 2. The highest BCUT2D eigenvalue weighted by atomic mass is 19.3. The number of nitrogens with one attached hydrogen (secondary N) is 1. The summed E-state index contributed by atoms with van der Waals surface area (Å²) >= 11 is 0. The van der Waals surface area contributed by atoms with E-state index in [-0.39, 0.29) is 11.6 Å². The minimum absolute atomic E-state index is 0.0276. The number of aliphatic carboxylic acids is 1. The van der Waals surface area contributed by atoms with Gasteiger partial charge in [0, 0.05) is 6.20 Å². The molecule has 1 amide bonds. The second-order valence-corrected chi connectivity index (χ2v) is 4.61. The number of carboxylic acids is 1. The predicted octanol–water partition coefficient (Wildman–Crippen LogP) is 1.98. The molecule has 0 radical (unpaired) electrons. The minimum Gasteiger partial charge on any atom is -0.480 e. The molecule has 0 saturated heterocycles. The molecular formula is C13H18F2N2O3. The van der Waals surface area contributed by atoms with Gasteiger partial charge in [0.25, 0.3) is 12.3 Å². The number of amides is 1. The van der Waals surface area contributed by atoms with Crippen LogP contribution in [0.15, 0.2) is 18.3 Å². The van der Waals surface area contributed by atoms with Crippen molar-refractivity contribution < 1.29 is 23.5 Å². The molecule has 20 heavy (non-hydrogen) atoms. The first-order chi connectivity index (χ1) is 9.36. The number of carboxylic acid groups (broad SMARTS) is 1. The van der Waals surface area contributed by atoms with Crippen LogP contribution in [0.25, 0.3) is 0 Å². The van der Waals surface area contributed by atoms with E-state index in [1.165, 1.54) is 18.3 Å². The van der Waals surface area contributed by atoms with Crippen molar-refractivity contribution in [3.63, 3.8) is 0 Å². The standard InChI is InChI=1S/C13H18F2N2O3/c1-3-8(2)11(13(19)20)16-12(18)9-5-4-6-17(9)7-10(14)15/h4-6,8,10-11H,3,7H2,1-2H3,(H,16,18)(H,19,20)/t8-,11-/m0/s1. The highest BCUT2D eigenvalue weighted by molar-refractivity contribution is 5.95. The van der Waals surface area contributed by atoms with Crippen LogP contribution in [0.3, 0.4) is 0 Å². The van der Waals surface area contributed by atoms with E-state index in [1.807, 2.05) is 6.92 Å². The van der Waals surface area contributed by atoms with Crippen LogP contribution >= 0.6 is 0 Å². The van der Waals surface area contributed by atoms with Gasteiger partial charge in [0.15, 0.2) is 0 Å². The summed E-state index contributed by atoms with van der Waals surface area (Å²) in [6, 6.07) is 1.81. The molecule has 1 heterocycles. The third-order valence-corrected chi connectivity index (χ3v) is 3.16. The molecule has 0 bridgehead atoms. The summed E-state index contributed by atoms with van der Waals surface area (Å²) in [6.45, 7) is 2.92. The Bertz CT molecular complexity index is 474. The summed E-state index contributed by atoms with van der Waals surface area (Å²) in [5.41, 5.74) is 0.0276. The van der Waals surface area contributed by atoms with E-state index < -0.39 is 30.9 Å². The number of carbonyl (C=O) groups is 2. The van der Waals surface area contributed by atoms with Crippen LogP contribution in [0, 0.1) is 5.92 Å². The molecule has 2 atom stereocenters. The van der Waals surface area contributed by atoms with Crippen molar-refractivity contribution in [1.82, 2.24) is 9.88 Å². The average molecular weight is 288 g/mol. The Morgan fingerprint density at radius 3 is 2.60 bits per heavy atom. The maximum Gasteiger partial charge on any atom is 0.326 e. The molecule has 0 unspecified atom stereocenters. The third kappa shape index (κ3) is 4.04. The van der Waals surface area contributed by atoms with E-state index in [1.54, 1.807) is 6.92 Å². The fraction of sp³-hybridized carbons (Fsp3) is 0.538. The topological polar surface area (TPSA) is 71.3 Å². The predicted molar refractivity (Wildman–Crippen MR) is 68.8 cm³/mol. The number of aromatic nitrogens is 1. The summed E-state index contributed by atoms with van der Waals surface area (Å²) in [5, 5.41) is 11.5. The largest absolute Gasteiger partial charge is 0.480 e. The molecule has 112 valence electrons. The van der Waals surface area contributed by atoms with Crippen molar-refractivity contribution in [2.75, 3.05) is 0 Å². The first kappa shape index (κ1) is 16.1. The van der Waals surface area contributed by atoms with Crippen molar-refractivity contribution in [2.45, 2.75) is 39.3 Å². The lowest BCUT2D eigenvalue weighted by Crippen LogP contribution is -2.45. The lowest BCUT2D eigenvalue weighted by atomic mass is 9.99. The molecule has 0 fully saturated rings. The second-order valence-electron chi connectivity index (χ2n) is 4.61. The van der Waals surface area contributed by atoms with E-state index in [0.29, 0.717) is 6.42 Å². The third-order valence-electron chi connectivity index (χ3n) is 3.16. The van der Waals surface area contributed by atoms with Gasteiger partial charge >= 0.3 is 5.97 Å². The zero-order chi connectivity index (χ0) is 15.3. The number of rotatable bonds is 7. The van der Waals surface area contributed by atoms with Gasteiger partial charge in [0.1, 0.15) is 11.7 Å². The molecule has 1 aromatic heterocycles. The normalized spacial score (nSPS) is 14.1. The molecule has 0 aromatic carbocycles. The lowest BCUT2D eigenvalue weighted by Gasteiger charge is -2.20. The maximum absolute atomic E-state index is 12.4. The molecule has 0 aliphatic carbocycles. The lowest BCUT2D eigenvalue weighted by molar-refractivity contribution is -0.140. The summed E-state index contributed by atoms with van der Waals surface area (Å²) in [7, 11) is 0. The van der Waals surface area contributed by atoms with E-state index >= 15 is 0 Å². The first-order valence-corrected chi connectivity index (χ1v) is 6.33. The molecule has 0 saturated carbocycles. The molecular weight excluding hydrogens is 270 g/mol. The van der Waals surface area contributed by atoms with Crippen LogP contribution in [0.2, 0.25) is 0 Å². The Hall–Kier alpha value is -1.92. The van der Waals surface area contributed by atoms with Crippen LogP contribution in [0.4, 0.5) is 8.78 Å². The number of carbonyl (C=O) groups excluding carboxylic acids is 1. The van der Waals surface area contributed by atoms with Gasteiger partial charge in [-0.05, 0) is 18.1 Å². The maximum atomic E-state index is 12.4. The Balaban J connectivity index is 2.84. The Kier molecular flexibility index (Phi) is 5.66. The van der Waals surface area contributed by atoms with Crippen LogP contribution < -0.4 is 5.32 Å². The van der Waals surface area contributed by atoms with Gasteiger partial charge in [-0.15, -0.1) is 0 Å². The molecule has 0 aliphatic rings. The molecule has 0 aliphatic heterocycles. The highest BCUT2D eigenvalue weighted by Gasteiger charge is 2.26. The quantitative estimate of drug-likeness (QED) is 0.806. The summed E-state index contributed by atoms with van der Waals surface area (Å²) in [6.07, 6.45) is -0.645. The Morgan fingerprint density at radius 2 is 2.10 bits per heavy atom. The van der Waals surface area contributed by atoms with Crippen LogP contribution in [-0.4, -0.2) is 34.0 Å². The smallest absolute Gasteiger partial charge is 0.326 e. The van der Waals surface area contributed by atoms with E-state index in [9.17, 15) is 18.4 Å². The van der Waals surface area contributed by atoms with Crippen molar-refractivity contribution in [3.8, 4) is 0 Å². The number of hydrogen-bond acceptors (Lipinski definition) is 2. The van der Waals surface area contributed by atoms with Gasteiger partial charge in [0.2, 0.25) is 0 Å². The molecule has 1 aromatic rings. The molecule has 2 N–H and O–H groups in total. The van der Waals surface area contributed by atoms with E-state index in [4.69, 9.17) is 5.11 Å². The first-order valence-electron chi connectivity index (χ1n) is 6.33. The fourth-order valence-electron chi connectivity index (χ4n) is 1.83. The minimum atomic E-state index is -2.58. The Morgan fingerprint density at radius 1 is 1.45 bits per heavy atom. The van der Waals surface area contributed by atoms with Gasteiger partial charge in [-0.1, -0.05) is 20.3 Å². The Labute approximate surface area is 115 Å². The number of halogens is 2. The summed E-state index contributed by atoms with van der Waals surface area (Å²) < 4.78 is 25.8. The monoisotopic (exact) mass is 288 g/mol. The zero-order valence-electron chi connectivity index (χ0n) is 11.3. The molecule has 7 heteroatoms. The van der Waals surface area contributed by atoms with Crippen molar-refractivity contribution in [3.05, 3.63) is 24.0 Å². The van der Waals surface area contributed by atoms with E-state index in [0.717, 1.165) is 4.57 Å². The van der Waals surface area contributed by atoms with Gasteiger partial charge in [-0.3, -0.25) is 4.79 Å². The van der Waals surface area contributed by atoms with Crippen molar-refractivity contribution in [1.29, 1.82) is 0 Å². The summed E-state index contributed by atoms with van der Waals surface area (Å²) in [4.78, 5) is 23.1. The van der Waals surface area contributed by atoms with Gasteiger partial charge in [0.05, 0.1) is 6.54 Å². The summed E-state index contributed by atoms with van der Waals surface area (Å²) in [5.74, 6) is -2.06. The second kappa shape index (κ2) is 7.02. The number of hydrogen-bond donors (Lipinski definition) is 2. The number of nitrogens with zero attached hydrogens (tertiary/aromatic N) is 1. The van der Waals surface area contributed by atoms with E-state index in [2.05, 4.69) is 5.32 Å². The van der Waals surface area contributed by atoms with Gasteiger partial charge < -0.3 is 15.0 Å².